The topological polar surface area (TPSA) is 115 Å². The molecule has 0 saturated carbocycles. The fourth-order valence-electron chi connectivity index (χ4n) is 1.38. The molecule has 1 aromatic heterocycles. The van der Waals surface area contributed by atoms with E-state index in [4.69, 9.17) is 5.73 Å². The zero-order valence-electron chi connectivity index (χ0n) is 11.0. The van der Waals surface area contributed by atoms with Gasteiger partial charge in [-0.1, -0.05) is 0 Å². The molecule has 1 rings (SSSR count). The molecule has 3 N–H and O–H groups in total. The lowest BCUT2D eigenvalue weighted by Crippen LogP contribution is -2.41. The van der Waals surface area contributed by atoms with Crippen LogP contribution in [0, 0.1) is 6.92 Å². The van der Waals surface area contributed by atoms with Crippen molar-refractivity contribution in [3.05, 3.63) is 23.8 Å². The average molecular weight is 286 g/mol. The number of aromatic nitrogens is 2. The van der Waals surface area contributed by atoms with Crippen LogP contribution >= 0.6 is 0 Å². The molecule has 0 fully saturated rings. The van der Waals surface area contributed by atoms with E-state index in [-0.39, 0.29) is 24.6 Å². The normalized spacial score (nSPS) is 13.0. The Morgan fingerprint density at radius 3 is 2.79 bits per heavy atom. The van der Waals surface area contributed by atoms with Crippen molar-refractivity contribution < 1.29 is 13.2 Å². The molecule has 1 aromatic rings. The molecular weight excluding hydrogens is 268 g/mol. The van der Waals surface area contributed by atoms with Crippen molar-refractivity contribution >= 4 is 15.7 Å². The highest BCUT2D eigenvalue weighted by atomic mass is 32.2. The Hall–Kier alpha value is -1.54. The maximum absolute atomic E-state index is 11.6. The number of nitrogens with two attached hydrogens (primary N) is 1. The van der Waals surface area contributed by atoms with Crippen LogP contribution in [0.2, 0.25) is 0 Å². The minimum absolute atomic E-state index is 0.103. The monoisotopic (exact) mass is 286 g/mol. The molecule has 7 nitrogen and oxygen atoms in total. The fraction of sp³-hybridized carbons (Fsp3) is 0.545. The molecule has 0 radical (unpaired) electrons. The van der Waals surface area contributed by atoms with E-state index in [0.29, 0.717) is 11.5 Å². The summed E-state index contributed by atoms with van der Waals surface area (Å²) in [5.41, 5.74) is 6.29. The van der Waals surface area contributed by atoms with Gasteiger partial charge in [-0.15, -0.1) is 0 Å². The fourth-order valence-corrected chi connectivity index (χ4v) is 2.07. The van der Waals surface area contributed by atoms with Crippen LogP contribution in [0.4, 0.5) is 0 Å². The first-order chi connectivity index (χ1) is 8.78. The van der Waals surface area contributed by atoms with Crippen molar-refractivity contribution in [2.24, 2.45) is 5.73 Å². The predicted molar refractivity (Wildman–Crippen MR) is 70.9 cm³/mol. The van der Waals surface area contributed by atoms with Crippen molar-refractivity contribution in [2.45, 2.75) is 25.9 Å². The van der Waals surface area contributed by atoms with Gasteiger partial charge in [0.15, 0.2) is 0 Å². The molecule has 0 aliphatic heterocycles. The molecule has 0 spiro atoms. The number of nitrogens with one attached hydrogen (secondary N) is 1. The Kier molecular flexibility index (Phi) is 5.37. The molecule has 1 heterocycles. The van der Waals surface area contributed by atoms with Crippen molar-refractivity contribution in [1.82, 2.24) is 15.3 Å². The minimum atomic E-state index is -3.11. The lowest BCUT2D eigenvalue weighted by atomic mass is 10.2. The molecule has 0 aromatic carbocycles. The Labute approximate surface area is 112 Å². The van der Waals surface area contributed by atoms with Crippen LogP contribution in [0.1, 0.15) is 17.9 Å². The van der Waals surface area contributed by atoms with E-state index in [0.717, 1.165) is 6.26 Å². The van der Waals surface area contributed by atoms with Gasteiger partial charge in [-0.05, 0) is 19.4 Å². The van der Waals surface area contributed by atoms with Crippen LogP contribution < -0.4 is 11.1 Å². The summed E-state index contributed by atoms with van der Waals surface area (Å²) in [6, 6.07) is 0.854. The number of nitrogens with zero attached hydrogens (tertiary/aromatic N) is 2. The molecular formula is C11H18N4O3S. The van der Waals surface area contributed by atoms with Gasteiger partial charge in [-0.3, -0.25) is 4.79 Å². The summed E-state index contributed by atoms with van der Waals surface area (Å²) >= 11 is 0. The Balaban J connectivity index is 2.42. The molecule has 1 unspecified atom stereocenters. The predicted octanol–water partition coefficient (Wildman–Crippen LogP) is -0.837. The second-order valence-corrected chi connectivity index (χ2v) is 6.60. The van der Waals surface area contributed by atoms with E-state index < -0.39 is 15.9 Å². The molecule has 0 saturated heterocycles. The highest BCUT2D eigenvalue weighted by Gasteiger charge is 2.15. The highest BCUT2D eigenvalue weighted by Crippen LogP contribution is 1.97. The van der Waals surface area contributed by atoms with Crippen LogP contribution in [0.3, 0.4) is 0 Å². The van der Waals surface area contributed by atoms with Gasteiger partial charge in [0.25, 0.3) is 0 Å². The lowest BCUT2D eigenvalue weighted by Gasteiger charge is -2.11. The lowest BCUT2D eigenvalue weighted by molar-refractivity contribution is -0.122. The molecule has 0 bridgehead atoms. The van der Waals surface area contributed by atoms with Gasteiger partial charge in [0.2, 0.25) is 5.91 Å². The second kappa shape index (κ2) is 6.58. The number of rotatable bonds is 6. The first kappa shape index (κ1) is 15.5. The summed E-state index contributed by atoms with van der Waals surface area (Å²) in [5, 5.41) is 2.61. The number of sulfone groups is 1. The van der Waals surface area contributed by atoms with E-state index in [9.17, 15) is 13.2 Å². The summed E-state index contributed by atoms with van der Waals surface area (Å²) < 4.78 is 21.9. The molecule has 0 aliphatic carbocycles. The summed E-state index contributed by atoms with van der Waals surface area (Å²) in [5.74, 6) is 0.127. The number of hydrogen-bond acceptors (Lipinski definition) is 6. The number of hydrogen-bond donors (Lipinski definition) is 2. The van der Waals surface area contributed by atoms with Gasteiger partial charge < -0.3 is 11.1 Å². The van der Waals surface area contributed by atoms with Gasteiger partial charge in [-0.2, -0.15) is 0 Å². The van der Waals surface area contributed by atoms with Crippen molar-refractivity contribution in [3.63, 3.8) is 0 Å². The maximum atomic E-state index is 11.6. The number of aryl methyl sites for hydroxylation is 1. The van der Waals surface area contributed by atoms with Gasteiger partial charge >= 0.3 is 0 Å². The number of carbonyl (C=O) groups excluding carboxylic acids is 1. The van der Waals surface area contributed by atoms with E-state index in [2.05, 4.69) is 15.3 Å². The van der Waals surface area contributed by atoms with Crippen LogP contribution in [-0.4, -0.2) is 42.3 Å². The summed E-state index contributed by atoms with van der Waals surface area (Å²) in [6.07, 6.45) is 2.82. The third-order valence-electron chi connectivity index (χ3n) is 2.41. The standard InChI is InChI=1S/C11H18N4O3S/c1-8-13-5-3-9(15-8)7-14-11(16)10(12)4-6-19(2,17)18/h3,5,10H,4,6-7,12H2,1-2H3,(H,14,16). The molecule has 106 valence electrons. The van der Waals surface area contributed by atoms with Crippen LogP contribution in [0.5, 0.6) is 0 Å². The molecule has 8 heteroatoms. The largest absolute Gasteiger partial charge is 0.349 e. The van der Waals surface area contributed by atoms with Gasteiger partial charge in [0, 0.05) is 12.5 Å². The highest BCUT2D eigenvalue weighted by molar-refractivity contribution is 7.90. The summed E-state index contributed by atoms with van der Waals surface area (Å²) in [4.78, 5) is 19.7. The second-order valence-electron chi connectivity index (χ2n) is 4.34. The first-order valence-electron chi connectivity index (χ1n) is 5.77. The Bertz CT molecular complexity index is 545. The van der Waals surface area contributed by atoms with E-state index in [1.807, 2.05) is 0 Å². The van der Waals surface area contributed by atoms with Crippen LogP contribution in [-0.2, 0) is 21.2 Å². The molecule has 1 amide bonds. The quantitative estimate of drug-likeness (QED) is 0.705. The van der Waals surface area contributed by atoms with Crippen molar-refractivity contribution in [3.8, 4) is 0 Å². The zero-order valence-corrected chi connectivity index (χ0v) is 11.8. The van der Waals surface area contributed by atoms with Gasteiger partial charge in [-0.25, -0.2) is 18.4 Å². The van der Waals surface area contributed by atoms with Crippen LogP contribution in [0.15, 0.2) is 12.3 Å². The first-order valence-corrected chi connectivity index (χ1v) is 7.83. The third-order valence-corrected chi connectivity index (χ3v) is 3.39. The summed E-state index contributed by atoms with van der Waals surface area (Å²) in [6.45, 7) is 2.00. The van der Waals surface area contributed by atoms with Crippen molar-refractivity contribution in [2.75, 3.05) is 12.0 Å². The zero-order chi connectivity index (χ0) is 14.5. The Morgan fingerprint density at radius 1 is 1.53 bits per heavy atom. The number of carbonyl (C=O) groups is 1. The van der Waals surface area contributed by atoms with E-state index in [1.54, 1.807) is 19.2 Å². The molecule has 0 aliphatic rings. The summed E-state index contributed by atoms with van der Waals surface area (Å²) in [7, 11) is -3.11. The third kappa shape index (κ3) is 6.25. The van der Waals surface area contributed by atoms with Crippen molar-refractivity contribution in [1.29, 1.82) is 0 Å². The molecule has 19 heavy (non-hydrogen) atoms. The molecule has 1 atom stereocenters. The average Bonchev–Trinajstić information content (AvgIpc) is 2.32. The smallest absolute Gasteiger partial charge is 0.237 e. The minimum Gasteiger partial charge on any atom is -0.349 e. The van der Waals surface area contributed by atoms with E-state index >= 15 is 0 Å². The maximum Gasteiger partial charge on any atom is 0.237 e. The number of amides is 1. The Morgan fingerprint density at radius 2 is 2.21 bits per heavy atom. The van der Waals surface area contributed by atoms with E-state index in [1.165, 1.54) is 0 Å². The van der Waals surface area contributed by atoms with Gasteiger partial charge in [0.1, 0.15) is 15.7 Å². The van der Waals surface area contributed by atoms with Gasteiger partial charge in [0.05, 0.1) is 24.0 Å². The SMILES string of the molecule is Cc1nccc(CNC(=O)C(N)CCS(C)(=O)=O)n1. The van der Waals surface area contributed by atoms with Crippen LogP contribution in [0.25, 0.3) is 0 Å².